The summed E-state index contributed by atoms with van der Waals surface area (Å²) < 4.78 is 5.58. The van der Waals surface area contributed by atoms with E-state index < -0.39 is 0 Å². The van der Waals surface area contributed by atoms with E-state index in [1.807, 2.05) is 54.8 Å². The number of rotatable bonds is 7. The number of anilines is 1. The molecule has 3 aromatic rings. The first kappa shape index (κ1) is 21.3. The number of aromatic nitrogens is 1. The molecule has 162 valence electrons. The lowest BCUT2D eigenvalue weighted by atomic mass is 10.0. The molecular weight excluding hydrogens is 408 g/mol. The molecule has 1 saturated heterocycles. The molecule has 1 unspecified atom stereocenters. The molecule has 6 nitrogen and oxygen atoms in total. The molecule has 0 aliphatic carbocycles. The van der Waals surface area contributed by atoms with Crippen LogP contribution in [-0.4, -0.2) is 42.7 Å². The summed E-state index contributed by atoms with van der Waals surface area (Å²) in [6.45, 7) is 4.57. The van der Waals surface area contributed by atoms with Gasteiger partial charge in [0.15, 0.2) is 0 Å². The fraction of sp³-hybridized carbons (Fsp3) is 0.333. The summed E-state index contributed by atoms with van der Waals surface area (Å²) in [5.74, 6) is 0.856. The van der Waals surface area contributed by atoms with Crippen molar-refractivity contribution in [2.24, 2.45) is 0 Å². The molecule has 0 saturated carbocycles. The molecule has 1 aromatic heterocycles. The van der Waals surface area contributed by atoms with E-state index >= 15 is 0 Å². The van der Waals surface area contributed by atoms with Gasteiger partial charge in [0.1, 0.15) is 10.8 Å². The smallest absolute Gasteiger partial charge is 0.319 e. The number of amides is 2. The molecule has 1 aliphatic heterocycles. The molecule has 1 atom stereocenters. The Bertz CT molecular complexity index is 1010. The number of aryl methyl sites for hydroxylation is 1. The Morgan fingerprint density at radius 3 is 2.58 bits per heavy atom. The Kier molecular flexibility index (Phi) is 6.84. The van der Waals surface area contributed by atoms with E-state index in [9.17, 15) is 4.79 Å². The topological polar surface area (TPSA) is 66.5 Å². The van der Waals surface area contributed by atoms with Crippen LogP contribution in [0.25, 0.3) is 10.6 Å². The number of hydrogen-bond acceptors (Lipinski definition) is 5. The number of methoxy groups -OCH3 is 1. The van der Waals surface area contributed by atoms with Crippen molar-refractivity contribution in [3.8, 4) is 16.3 Å². The second kappa shape index (κ2) is 9.94. The van der Waals surface area contributed by atoms with Gasteiger partial charge in [-0.15, -0.1) is 11.3 Å². The Labute approximate surface area is 187 Å². The largest absolute Gasteiger partial charge is 0.496 e. The zero-order valence-electron chi connectivity index (χ0n) is 17.9. The first-order valence-electron chi connectivity index (χ1n) is 10.6. The van der Waals surface area contributed by atoms with E-state index in [1.54, 1.807) is 18.4 Å². The number of para-hydroxylation sites is 1. The zero-order chi connectivity index (χ0) is 21.6. The quantitative estimate of drug-likeness (QED) is 0.542. The average Bonchev–Trinajstić information content (AvgIpc) is 3.47. The minimum atomic E-state index is -0.211. The van der Waals surface area contributed by atoms with Gasteiger partial charge < -0.3 is 15.4 Å². The van der Waals surface area contributed by atoms with Crippen LogP contribution in [0.2, 0.25) is 0 Å². The molecule has 0 radical (unpaired) electrons. The van der Waals surface area contributed by atoms with Crippen molar-refractivity contribution in [1.29, 1.82) is 0 Å². The number of carbonyl (C=O) groups is 1. The lowest BCUT2D eigenvalue weighted by molar-refractivity contribution is 0.224. The van der Waals surface area contributed by atoms with Crippen LogP contribution in [0.5, 0.6) is 5.75 Å². The minimum Gasteiger partial charge on any atom is -0.496 e. The third-order valence-electron chi connectivity index (χ3n) is 5.54. The SMILES string of the molecule is COc1ccccc1C(CNC(=O)Nc1ccc(-c2nc(C)cs2)cc1)N1CCCC1. The third kappa shape index (κ3) is 5.24. The van der Waals surface area contributed by atoms with E-state index in [0.29, 0.717) is 6.54 Å². The fourth-order valence-corrected chi connectivity index (χ4v) is 4.78. The molecule has 2 N–H and O–H groups in total. The van der Waals surface area contributed by atoms with Gasteiger partial charge in [-0.2, -0.15) is 0 Å². The number of benzene rings is 2. The number of thiazole rings is 1. The molecule has 2 amide bonds. The van der Waals surface area contributed by atoms with Crippen LogP contribution in [0, 0.1) is 6.92 Å². The Balaban J connectivity index is 1.39. The van der Waals surface area contributed by atoms with Crippen LogP contribution >= 0.6 is 11.3 Å². The van der Waals surface area contributed by atoms with E-state index in [0.717, 1.165) is 46.4 Å². The minimum absolute atomic E-state index is 0.0833. The van der Waals surface area contributed by atoms with Gasteiger partial charge in [0.05, 0.1) is 13.2 Å². The summed E-state index contributed by atoms with van der Waals surface area (Å²) in [6, 6.07) is 15.7. The van der Waals surface area contributed by atoms with Crippen molar-refractivity contribution in [2.75, 3.05) is 32.1 Å². The summed E-state index contributed by atoms with van der Waals surface area (Å²) in [6.07, 6.45) is 2.37. The molecule has 1 fully saturated rings. The number of nitrogens with zero attached hydrogens (tertiary/aromatic N) is 2. The Hall–Kier alpha value is -2.90. The molecule has 0 spiro atoms. The summed E-state index contributed by atoms with van der Waals surface area (Å²) in [7, 11) is 1.69. The van der Waals surface area contributed by atoms with Gasteiger partial charge in [0.25, 0.3) is 0 Å². The second-order valence-corrected chi connectivity index (χ2v) is 8.57. The molecule has 7 heteroatoms. The molecule has 2 heterocycles. The number of nitrogens with one attached hydrogen (secondary N) is 2. The normalized spacial score (nSPS) is 14.9. The Morgan fingerprint density at radius 1 is 1.16 bits per heavy atom. The highest BCUT2D eigenvalue weighted by molar-refractivity contribution is 7.13. The molecule has 4 rings (SSSR count). The van der Waals surface area contributed by atoms with Crippen molar-refractivity contribution in [3.63, 3.8) is 0 Å². The Morgan fingerprint density at radius 2 is 1.90 bits per heavy atom. The monoisotopic (exact) mass is 436 g/mol. The number of ether oxygens (including phenoxy) is 1. The average molecular weight is 437 g/mol. The van der Waals surface area contributed by atoms with Gasteiger partial charge in [0, 0.05) is 34.4 Å². The van der Waals surface area contributed by atoms with Crippen molar-refractivity contribution < 1.29 is 9.53 Å². The van der Waals surface area contributed by atoms with Gasteiger partial charge in [-0.05, 0) is 63.2 Å². The van der Waals surface area contributed by atoms with Gasteiger partial charge in [0.2, 0.25) is 0 Å². The second-order valence-electron chi connectivity index (χ2n) is 7.71. The van der Waals surface area contributed by atoms with Crippen molar-refractivity contribution in [2.45, 2.75) is 25.8 Å². The van der Waals surface area contributed by atoms with E-state index in [-0.39, 0.29) is 12.1 Å². The molecule has 2 aromatic carbocycles. The standard InChI is InChI=1S/C24H28N4O2S/c1-17-16-31-23(26-17)18-9-11-19(12-10-18)27-24(29)25-15-21(28-13-5-6-14-28)20-7-3-4-8-22(20)30-2/h3-4,7-12,16,21H,5-6,13-15H2,1-2H3,(H2,25,27,29). The predicted molar refractivity (Wildman–Crippen MR) is 126 cm³/mol. The van der Waals surface area contributed by atoms with Crippen LogP contribution in [0.1, 0.15) is 30.1 Å². The zero-order valence-corrected chi connectivity index (χ0v) is 18.7. The van der Waals surface area contributed by atoms with Crippen LogP contribution < -0.4 is 15.4 Å². The maximum Gasteiger partial charge on any atom is 0.319 e. The number of carbonyl (C=O) groups excluding carboxylic acids is 1. The van der Waals surface area contributed by atoms with E-state index in [2.05, 4.69) is 26.6 Å². The molecule has 31 heavy (non-hydrogen) atoms. The van der Waals surface area contributed by atoms with Crippen molar-refractivity contribution >= 4 is 23.1 Å². The van der Waals surface area contributed by atoms with Crippen molar-refractivity contribution in [3.05, 3.63) is 65.2 Å². The number of hydrogen-bond donors (Lipinski definition) is 2. The number of likely N-dealkylation sites (tertiary alicyclic amines) is 1. The van der Waals surface area contributed by atoms with Crippen LogP contribution in [0.4, 0.5) is 10.5 Å². The van der Waals surface area contributed by atoms with Gasteiger partial charge in [-0.25, -0.2) is 9.78 Å². The van der Waals surface area contributed by atoms with Crippen molar-refractivity contribution in [1.82, 2.24) is 15.2 Å². The molecular formula is C24H28N4O2S. The van der Waals surface area contributed by atoms with Gasteiger partial charge in [-0.1, -0.05) is 18.2 Å². The van der Waals surface area contributed by atoms with E-state index in [1.165, 1.54) is 12.8 Å². The summed E-state index contributed by atoms with van der Waals surface area (Å²) >= 11 is 1.62. The number of urea groups is 1. The maximum absolute atomic E-state index is 12.6. The van der Waals surface area contributed by atoms with Crippen LogP contribution in [0.15, 0.2) is 53.9 Å². The predicted octanol–water partition coefficient (Wildman–Crippen LogP) is 5.09. The van der Waals surface area contributed by atoms with E-state index in [4.69, 9.17) is 4.74 Å². The highest BCUT2D eigenvalue weighted by Gasteiger charge is 2.26. The summed E-state index contributed by atoms with van der Waals surface area (Å²) in [5, 5.41) is 9.01. The maximum atomic E-state index is 12.6. The lowest BCUT2D eigenvalue weighted by Crippen LogP contribution is -2.38. The molecule has 0 bridgehead atoms. The first-order chi connectivity index (χ1) is 15.1. The summed E-state index contributed by atoms with van der Waals surface area (Å²) in [4.78, 5) is 19.5. The highest BCUT2D eigenvalue weighted by Crippen LogP contribution is 2.31. The van der Waals surface area contributed by atoms with Crippen LogP contribution in [-0.2, 0) is 0 Å². The fourth-order valence-electron chi connectivity index (χ4n) is 3.98. The third-order valence-corrected chi connectivity index (χ3v) is 6.55. The molecule has 1 aliphatic rings. The van der Waals surface area contributed by atoms with Gasteiger partial charge in [-0.3, -0.25) is 4.90 Å². The first-order valence-corrected chi connectivity index (χ1v) is 11.5. The van der Waals surface area contributed by atoms with Gasteiger partial charge >= 0.3 is 6.03 Å². The lowest BCUT2D eigenvalue weighted by Gasteiger charge is -2.29. The summed E-state index contributed by atoms with van der Waals surface area (Å²) in [5.41, 5.74) is 3.93. The highest BCUT2D eigenvalue weighted by atomic mass is 32.1. The van der Waals surface area contributed by atoms with Crippen LogP contribution in [0.3, 0.4) is 0 Å².